The summed E-state index contributed by atoms with van der Waals surface area (Å²) in [6, 6.07) is 14.1. The highest BCUT2D eigenvalue weighted by molar-refractivity contribution is 5.94. The van der Waals surface area contributed by atoms with Crippen molar-refractivity contribution >= 4 is 5.91 Å². The van der Waals surface area contributed by atoms with E-state index in [2.05, 4.69) is 44.7 Å². The number of carbonyl (C=O) groups is 1. The number of halogens is 1. The molecule has 1 amide bonds. The van der Waals surface area contributed by atoms with E-state index < -0.39 is 0 Å². The molecule has 0 bridgehead atoms. The first-order chi connectivity index (χ1) is 15.3. The van der Waals surface area contributed by atoms with E-state index in [-0.39, 0.29) is 11.7 Å². The molecule has 0 aliphatic carbocycles. The number of methoxy groups -OCH3 is 1. The minimum Gasteiger partial charge on any atom is -0.496 e. The van der Waals surface area contributed by atoms with Crippen LogP contribution in [0.25, 0.3) is 0 Å². The molecule has 1 heterocycles. The van der Waals surface area contributed by atoms with Crippen LogP contribution < -0.4 is 4.74 Å². The Kier molecular flexibility index (Phi) is 8.30. The molecule has 5 heteroatoms. The van der Waals surface area contributed by atoms with Gasteiger partial charge in [-0.05, 0) is 53.6 Å². The molecule has 1 saturated heterocycles. The second-order valence-electron chi connectivity index (χ2n) is 9.83. The lowest BCUT2D eigenvalue weighted by atomic mass is 9.87. The minimum absolute atomic E-state index is 0.0280. The molecular weight excluding hydrogens is 403 g/mol. The van der Waals surface area contributed by atoms with E-state index in [9.17, 15) is 9.18 Å². The van der Waals surface area contributed by atoms with E-state index in [0.29, 0.717) is 42.3 Å². The number of hydrogen-bond acceptors (Lipinski definition) is 3. The van der Waals surface area contributed by atoms with Gasteiger partial charge in [0.1, 0.15) is 11.6 Å². The van der Waals surface area contributed by atoms with Crippen LogP contribution in [0.1, 0.15) is 49.5 Å². The largest absolute Gasteiger partial charge is 0.496 e. The number of nitrogens with zero attached hydrogens (tertiary/aromatic N) is 2. The molecule has 0 aromatic heterocycles. The van der Waals surface area contributed by atoms with Crippen LogP contribution in [0.5, 0.6) is 5.75 Å². The highest BCUT2D eigenvalue weighted by atomic mass is 19.1. The lowest BCUT2D eigenvalue weighted by Gasteiger charge is -2.30. The highest BCUT2D eigenvalue weighted by Crippen LogP contribution is 2.38. The maximum absolute atomic E-state index is 13.4. The zero-order valence-corrected chi connectivity index (χ0v) is 20.1. The summed E-state index contributed by atoms with van der Waals surface area (Å²) in [7, 11) is 1.72. The Bertz CT molecular complexity index is 881. The van der Waals surface area contributed by atoms with E-state index in [0.717, 1.165) is 25.4 Å². The van der Waals surface area contributed by atoms with Gasteiger partial charge in [0.05, 0.1) is 7.11 Å². The number of benzene rings is 2. The fraction of sp³-hybridized carbons (Fsp3) is 0.519. The molecule has 1 aliphatic heterocycles. The molecule has 1 fully saturated rings. The predicted octanol–water partition coefficient (Wildman–Crippen LogP) is 5.30. The van der Waals surface area contributed by atoms with Crippen LogP contribution >= 0.6 is 0 Å². The zero-order chi connectivity index (χ0) is 23.3. The van der Waals surface area contributed by atoms with E-state index in [1.165, 1.54) is 17.7 Å². The Morgan fingerprint density at radius 3 is 2.38 bits per heavy atom. The third-order valence-electron chi connectivity index (χ3n) is 6.10. The Balaban J connectivity index is 1.88. The van der Waals surface area contributed by atoms with Crippen molar-refractivity contribution in [2.24, 2.45) is 17.8 Å². The summed E-state index contributed by atoms with van der Waals surface area (Å²) in [4.78, 5) is 17.8. The first-order valence-corrected chi connectivity index (χ1v) is 11.7. The molecule has 0 radical (unpaired) electrons. The van der Waals surface area contributed by atoms with Crippen LogP contribution in [0.2, 0.25) is 0 Å². The molecule has 3 rings (SSSR count). The van der Waals surface area contributed by atoms with Crippen LogP contribution in [0.3, 0.4) is 0 Å². The number of carbonyl (C=O) groups excluding carboxylic acids is 1. The van der Waals surface area contributed by atoms with Crippen molar-refractivity contribution in [2.45, 2.75) is 33.6 Å². The van der Waals surface area contributed by atoms with Gasteiger partial charge in [-0.15, -0.1) is 0 Å². The molecule has 2 aromatic rings. The maximum atomic E-state index is 13.4. The summed E-state index contributed by atoms with van der Waals surface area (Å²) >= 11 is 0. The van der Waals surface area contributed by atoms with E-state index in [1.807, 2.05) is 17.0 Å². The lowest BCUT2D eigenvalue weighted by molar-refractivity contribution is 0.0703. The molecule has 4 nitrogen and oxygen atoms in total. The van der Waals surface area contributed by atoms with Gasteiger partial charge >= 0.3 is 0 Å². The van der Waals surface area contributed by atoms with Gasteiger partial charge in [-0.3, -0.25) is 4.79 Å². The average molecular weight is 441 g/mol. The third kappa shape index (κ3) is 6.10. The Morgan fingerprint density at radius 1 is 1.06 bits per heavy atom. The fourth-order valence-corrected chi connectivity index (χ4v) is 4.88. The van der Waals surface area contributed by atoms with Crippen LogP contribution in [0.4, 0.5) is 4.39 Å². The SMILES string of the molecule is COc1ccccc1C1CN(CC(C)C)CC1CN(CC(C)C)C(=O)c1ccc(F)cc1. The van der Waals surface area contributed by atoms with Gasteiger partial charge < -0.3 is 14.5 Å². The van der Waals surface area contributed by atoms with Gasteiger partial charge in [0.15, 0.2) is 0 Å². The summed E-state index contributed by atoms with van der Waals surface area (Å²) in [5, 5.41) is 0. The van der Waals surface area contributed by atoms with Crippen molar-refractivity contribution in [2.75, 3.05) is 39.8 Å². The van der Waals surface area contributed by atoms with Crippen LogP contribution in [-0.2, 0) is 0 Å². The zero-order valence-electron chi connectivity index (χ0n) is 20.1. The first-order valence-electron chi connectivity index (χ1n) is 11.7. The molecule has 0 spiro atoms. The van der Waals surface area contributed by atoms with Gasteiger partial charge in [0.25, 0.3) is 5.91 Å². The maximum Gasteiger partial charge on any atom is 0.253 e. The molecule has 2 aromatic carbocycles. The molecule has 1 aliphatic rings. The van der Waals surface area contributed by atoms with Crippen molar-refractivity contribution in [1.29, 1.82) is 0 Å². The van der Waals surface area contributed by atoms with Crippen molar-refractivity contribution in [1.82, 2.24) is 9.80 Å². The van der Waals surface area contributed by atoms with Gasteiger partial charge in [-0.25, -0.2) is 4.39 Å². The van der Waals surface area contributed by atoms with E-state index in [1.54, 1.807) is 19.2 Å². The standard InChI is InChI=1S/C27H37FN2O2/c1-19(2)14-29-16-22(25(18-29)24-8-6-7-9-26(24)32-5)17-30(15-20(3)4)27(31)21-10-12-23(28)13-11-21/h6-13,19-20,22,25H,14-18H2,1-5H3. The van der Waals surface area contributed by atoms with Crippen LogP contribution in [-0.4, -0.2) is 55.5 Å². The fourth-order valence-electron chi connectivity index (χ4n) is 4.88. The Labute approximate surface area is 192 Å². The molecule has 2 atom stereocenters. The second-order valence-corrected chi connectivity index (χ2v) is 9.83. The van der Waals surface area contributed by atoms with Gasteiger partial charge in [-0.1, -0.05) is 45.9 Å². The van der Waals surface area contributed by atoms with Gasteiger partial charge in [-0.2, -0.15) is 0 Å². The van der Waals surface area contributed by atoms with Crippen LogP contribution in [0, 0.1) is 23.6 Å². The third-order valence-corrected chi connectivity index (χ3v) is 6.10. The smallest absolute Gasteiger partial charge is 0.253 e. The van der Waals surface area contributed by atoms with E-state index in [4.69, 9.17) is 4.74 Å². The van der Waals surface area contributed by atoms with Crippen molar-refractivity contribution < 1.29 is 13.9 Å². The summed E-state index contributed by atoms with van der Waals surface area (Å²) in [6.45, 7) is 13.0. The summed E-state index contributed by atoms with van der Waals surface area (Å²) in [6.07, 6.45) is 0. The van der Waals surface area contributed by atoms with Crippen molar-refractivity contribution in [3.05, 3.63) is 65.5 Å². The Morgan fingerprint density at radius 2 is 1.75 bits per heavy atom. The monoisotopic (exact) mass is 440 g/mol. The summed E-state index contributed by atoms with van der Waals surface area (Å²) in [5.74, 6) is 2.08. The quantitative estimate of drug-likeness (QED) is 0.530. The van der Waals surface area contributed by atoms with Crippen LogP contribution in [0.15, 0.2) is 48.5 Å². The number of amides is 1. The molecular formula is C27H37FN2O2. The predicted molar refractivity (Wildman–Crippen MR) is 128 cm³/mol. The summed E-state index contributed by atoms with van der Waals surface area (Å²) < 4.78 is 19.1. The second kappa shape index (κ2) is 11.0. The number of rotatable bonds is 9. The Hall–Kier alpha value is -2.40. The molecule has 2 unspecified atom stereocenters. The minimum atomic E-state index is -0.326. The summed E-state index contributed by atoms with van der Waals surface area (Å²) in [5.41, 5.74) is 1.75. The lowest BCUT2D eigenvalue weighted by Crippen LogP contribution is -2.40. The van der Waals surface area contributed by atoms with E-state index >= 15 is 0 Å². The normalized spacial score (nSPS) is 19.0. The number of ether oxygens (including phenoxy) is 1. The van der Waals surface area contributed by atoms with Gasteiger partial charge in [0.2, 0.25) is 0 Å². The topological polar surface area (TPSA) is 32.8 Å². The highest BCUT2D eigenvalue weighted by Gasteiger charge is 2.37. The van der Waals surface area contributed by atoms with Gasteiger partial charge in [0, 0.05) is 44.2 Å². The number of hydrogen-bond donors (Lipinski definition) is 0. The molecule has 0 saturated carbocycles. The molecule has 0 N–H and O–H groups in total. The molecule has 32 heavy (non-hydrogen) atoms. The average Bonchev–Trinajstić information content (AvgIpc) is 3.14. The molecule has 174 valence electrons. The van der Waals surface area contributed by atoms with Crippen molar-refractivity contribution in [3.8, 4) is 5.75 Å². The number of para-hydroxylation sites is 1. The number of likely N-dealkylation sites (tertiary alicyclic amines) is 1. The first kappa shape index (κ1) is 24.2. The van der Waals surface area contributed by atoms with Crippen molar-refractivity contribution in [3.63, 3.8) is 0 Å².